The zero-order chi connectivity index (χ0) is 16.3. The molecular weight excluding hydrogens is 292 g/mol. The van der Waals surface area contributed by atoms with Gasteiger partial charge in [0.15, 0.2) is 5.82 Å². The van der Waals surface area contributed by atoms with Crippen LogP contribution >= 0.6 is 0 Å². The topological polar surface area (TPSA) is 121 Å². The Bertz CT molecular complexity index is 665. The standard InChI is InChI=1S/C12H18N6O4/c1-5-21-8(3)11-14-9(22-16-11)6-13-12-10(18(19)20)7(2)15-17(12)4/h8,13H,5-6H2,1-4H3/t8-/m1/s1. The van der Waals surface area contributed by atoms with E-state index in [4.69, 9.17) is 9.26 Å². The fraction of sp³-hybridized carbons (Fsp3) is 0.583. The van der Waals surface area contributed by atoms with E-state index in [0.717, 1.165) is 0 Å². The van der Waals surface area contributed by atoms with Crippen LogP contribution in [0.3, 0.4) is 0 Å². The lowest BCUT2D eigenvalue weighted by atomic mass is 10.4. The largest absolute Gasteiger partial charge is 0.371 e. The highest BCUT2D eigenvalue weighted by Crippen LogP contribution is 2.27. The van der Waals surface area contributed by atoms with Crippen molar-refractivity contribution in [3.63, 3.8) is 0 Å². The first-order valence-electron chi connectivity index (χ1n) is 6.80. The maximum absolute atomic E-state index is 11.1. The second kappa shape index (κ2) is 6.52. The van der Waals surface area contributed by atoms with Crippen molar-refractivity contribution in [2.45, 2.75) is 33.4 Å². The normalized spacial score (nSPS) is 12.4. The first-order chi connectivity index (χ1) is 10.4. The number of hydrogen-bond acceptors (Lipinski definition) is 8. The van der Waals surface area contributed by atoms with Crippen molar-refractivity contribution in [3.05, 3.63) is 27.5 Å². The number of aromatic nitrogens is 4. The van der Waals surface area contributed by atoms with Gasteiger partial charge in [0.05, 0.1) is 11.5 Å². The van der Waals surface area contributed by atoms with E-state index >= 15 is 0 Å². The molecule has 0 radical (unpaired) electrons. The van der Waals surface area contributed by atoms with Crippen molar-refractivity contribution in [1.29, 1.82) is 0 Å². The van der Waals surface area contributed by atoms with Crippen molar-refractivity contribution in [1.82, 2.24) is 19.9 Å². The van der Waals surface area contributed by atoms with Crippen LogP contribution in [0.15, 0.2) is 4.52 Å². The molecule has 0 spiro atoms. The lowest BCUT2D eigenvalue weighted by Crippen LogP contribution is -2.07. The first-order valence-corrected chi connectivity index (χ1v) is 6.80. The molecule has 2 heterocycles. The average molecular weight is 310 g/mol. The number of nitrogens with one attached hydrogen (secondary N) is 1. The van der Waals surface area contributed by atoms with E-state index in [1.54, 1.807) is 14.0 Å². The third-order valence-corrected chi connectivity index (χ3v) is 3.04. The summed E-state index contributed by atoms with van der Waals surface area (Å²) in [6, 6.07) is 0. The average Bonchev–Trinajstić information content (AvgIpc) is 3.01. The monoisotopic (exact) mass is 310 g/mol. The highest BCUT2D eigenvalue weighted by Gasteiger charge is 2.24. The fourth-order valence-electron chi connectivity index (χ4n) is 2.05. The molecule has 0 saturated heterocycles. The lowest BCUT2D eigenvalue weighted by Gasteiger charge is -2.05. The van der Waals surface area contributed by atoms with E-state index < -0.39 is 4.92 Å². The molecule has 0 unspecified atom stereocenters. The molecule has 0 fully saturated rings. The van der Waals surface area contributed by atoms with E-state index in [9.17, 15) is 10.1 Å². The van der Waals surface area contributed by atoms with Gasteiger partial charge in [-0.05, 0) is 20.8 Å². The van der Waals surface area contributed by atoms with Crippen molar-refractivity contribution >= 4 is 11.5 Å². The van der Waals surface area contributed by atoms with E-state index in [1.807, 2.05) is 13.8 Å². The minimum atomic E-state index is -0.471. The summed E-state index contributed by atoms with van der Waals surface area (Å²) >= 11 is 0. The van der Waals surface area contributed by atoms with Crippen LogP contribution in [0.1, 0.15) is 37.4 Å². The van der Waals surface area contributed by atoms with E-state index in [-0.39, 0.29) is 18.3 Å². The molecule has 10 heteroatoms. The summed E-state index contributed by atoms with van der Waals surface area (Å²) in [4.78, 5) is 14.8. The fourth-order valence-corrected chi connectivity index (χ4v) is 2.05. The Morgan fingerprint density at radius 3 is 2.91 bits per heavy atom. The molecule has 0 aliphatic rings. The Hall–Kier alpha value is -2.49. The molecule has 0 amide bonds. The second-order valence-electron chi connectivity index (χ2n) is 4.66. The van der Waals surface area contributed by atoms with Gasteiger partial charge in [0.1, 0.15) is 11.8 Å². The maximum atomic E-state index is 11.1. The zero-order valence-corrected chi connectivity index (χ0v) is 12.9. The minimum Gasteiger partial charge on any atom is -0.371 e. The van der Waals surface area contributed by atoms with Crippen LogP contribution in [0.4, 0.5) is 11.5 Å². The molecular formula is C12H18N6O4. The molecule has 1 atom stereocenters. The number of ether oxygens (including phenoxy) is 1. The Balaban J connectivity index is 2.09. The predicted molar refractivity (Wildman–Crippen MR) is 76.3 cm³/mol. The number of rotatable bonds is 7. The molecule has 0 bridgehead atoms. The van der Waals surface area contributed by atoms with Crippen molar-refractivity contribution in [3.8, 4) is 0 Å². The molecule has 120 valence electrons. The molecule has 0 saturated carbocycles. The van der Waals surface area contributed by atoms with Gasteiger partial charge in [0.2, 0.25) is 11.7 Å². The molecule has 0 aromatic carbocycles. The Morgan fingerprint density at radius 2 is 2.27 bits per heavy atom. The van der Waals surface area contributed by atoms with E-state index in [1.165, 1.54) is 4.68 Å². The summed E-state index contributed by atoms with van der Waals surface area (Å²) in [5, 5.41) is 21.8. The van der Waals surface area contributed by atoms with Crippen LogP contribution in [0.25, 0.3) is 0 Å². The first kappa shape index (κ1) is 15.9. The summed E-state index contributed by atoms with van der Waals surface area (Å²) < 4.78 is 11.9. The van der Waals surface area contributed by atoms with Gasteiger partial charge in [0, 0.05) is 13.7 Å². The van der Waals surface area contributed by atoms with Crippen molar-refractivity contribution < 1.29 is 14.2 Å². The molecule has 10 nitrogen and oxygen atoms in total. The Kier molecular flexibility index (Phi) is 4.71. The smallest absolute Gasteiger partial charge is 0.333 e. The lowest BCUT2D eigenvalue weighted by molar-refractivity contribution is -0.384. The minimum absolute atomic E-state index is 0.0649. The second-order valence-corrected chi connectivity index (χ2v) is 4.66. The van der Waals surface area contributed by atoms with Crippen LogP contribution in [-0.2, 0) is 18.3 Å². The van der Waals surface area contributed by atoms with Crippen LogP contribution in [0.5, 0.6) is 0 Å². The molecule has 0 aliphatic carbocycles. The zero-order valence-electron chi connectivity index (χ0n) is 12.9. The van der Waals surface area contributed by atoms with Gasteiger partial charge in [-0.3, -0.25) is 10.1 Å². The molecule has 2 rings (SSSR count). The third kappa shape index (κ3) is 3.22. The summed E-state index contributed by atoms with van der Waals surface area (Å²) in [5.74, 6) is 1.05. The number of nitro groups is 1. The molecule has 0 aliphatic heterocycles. The van der Waals surface area contributed by atoms with Crippen LogP contribution in [0, 0.1) is 17.0 Å². The van der Waals surface area contributed by atoms with Gasteiger partial charge >= 0.3 is 5.69 Å². The summed E-state index contributed by atoms with van der Waals surface area (Å²) in [5.41, 5.74) is 0.274. The highest BCUT2D eigenvalue weighted by atomic mass is 16.6. The summed E-state index contributed by atoms with van der Waals surface area (Å²) in [6.07, 6.45) is -0.268. The van der Waals surface area contributed by atoms with E-state index in [0.29, 0.717) is 29.8 Å². The van der Waals surface area contributed by atoms with Crippen molar-refractivity contribution in [2.75, 3.05) is 11.9 Å². The summed E-state index contributed by atoms with van der Waals surface area (Å²) in [6.45, 7) is 5.98. The molecule has 1 N–H and O–H groups in total. The predicted octanol–water partition coefficient (Wildman–Crippen LogP) is 1.73. The molecule has 22 heavy (non-hydrogen) atoms. The number of anilines is 1. The van der Waals surface area contributed by atoms with Gasteiger partial charge in [-0.15, -0.1) is 0 Å². The van der Waals surface area contributed by atoms with E-state index in [2.05, 4.69) is 20.6 Å². The van der Waals surface area contributed by atoms with Crippen molar-refractivity contribution in [2.24, 2.45) is 7.05 Å². The van der Waals surface area contributed by atoms with Crippen LogP contribution in [0.2, 0.25) is 0 Å². The number of nitrogens with zero attached hydrogens (tertiary/aromatic N) is 5. The molecule has 2 aromatic heterocycles. The van der Waals surface area contributed by atoms with Crippen LogP contribution < -0.4 is 5.32 Å². The van der Waals surface area contributed by atoms with Crippen LogP contribution in [-0.4, -0.2) is 31.5 Å². The number of hydrogen-bond donors (Lipinski definition) is 1. The Morgan fingerprint density at radius 1 is 1.55 bits per heavy atom. The number of aryl methyl sites for hydroxylation is 2. The van der Waals surface area contributed by atoms with Gasteiger partial charge in [-0.25, -0.2) is 4.68 Å². The van der Waals surface area contributed by atoms with Gasteiger partial charge in [0.25, 0.3) is 0 Å². The van der Waals surface area contributed by atoms with Gasteiger partial charge in [-0.1, -0.05) is 5.16 Å². The highest BCUT2D eigenvalue weighted by molar-refractivity contribution is 5.59. The Labute approximate surface area is 126 Å². The quantitative estimate of drug-likeness (QED) is 0.606. The SMILES string of the molecule is CCO[C@H](C)c1noc(CNc2c([N+](=O)[O-])c(C)nn2C)n1. The maximum Gasteiger partial charge on any atom is 0.333 e. The third-order valence-electron chi connectivity index (χ3n) is 3.04. The van der Waals surface area contributed by atoms with Gasteiger partial charge < -0.3 is 14.6 Å². The van der Waals surface area contributed by atoms with Gasteiger partial charge in [-0.2, -0.15) is 10.1 Å². The summed E-state index contributed by atoms with van der Waals surface area (Å²) in [7, 11) is 1.62. The molecule has 2 aromatic rings.